The van der Waals surface area contributed by atoms with Gasteiger partial charge in [0.1, 0.15) is 0 Å². The van der Waals surface area contributed by atoms with E-state index in [-0.39, 0.29) is 17.9 Å². The van der Waals surface area contributed by atoms with Crippen LogP contribution in [0.2, 0.25) is 0 Å². The highest BCUT2D eigenvalue weighted by Gasteiger charge is 2.34. The summed E-state index contributed by atoms with van der Waals surface area (Å²) >= 11 is 0. The lowest BCUT2D eigenvalue weighted by atomic mass is 10.0. The van der Waals surface area contributed by atoms with Crippen LogP contribution < -0.4 is 0 Å². The zero-order valence-electron chi connectivity index (χ0n) is 13.4. The van der Waals surface area contributed by atoms with Gasteiger partial charge in [0, 0.05) is 18.9 Å². The second-order valence-electron chi connectivity index (χ2n) is 5.77. The topological polar surface area (TPSA) is 37.4 Å². The van der Waals surface area contributed by atoms with Gasteiger partial charge < -0.3 is 0 Å². The van der Waals surface area contributed by atoms with E-state index in [0.29, 0.717) is 6.42 Å². The molecule has 3 nitrogen and oxygen atoms in total. The standard InChI is InChI=1S/C18H27NO2/c1-4-6-8-9-11-13-17(20)19-16(12-10-7-5-2)15(3)14-18(19)21/h1,14,16H,5-13H2,2-3H3/t16-/m0/s1. The van der Waals surface area contributed by atoms with E-state index in [2.05, 4.69) is 12.8 Å². The first-order valence-electron chi connectivity index (χ1n) is 8.09. The highest BCUT2D eigenvalue weighted by Crippen LogP contribution is 2.25. The number of terminal acetylenes is 1. The summed E-state index contributed by atoms with van der Waals surface area (Å²) in [6.45, 7) is 4.11. The molecule has 0 aliphatic carbocycles. The van der Waals surface area contributed by atoms with Gasteiger partial charge in [-0.25, -0.2) is 0 Å². The van der Waals surface area contributed by atoms with Crippen molar-refractivity contribution in [3.8, 4) is 12.3 Å². The first-order valence-corrected chi connectivity index (χ1v) is 8.09. The second-order valence-corrected chi connectivity index (χ2v) is 5.77. The summed E-state index contributed by atoms with van der Waals surface area (Å²) in [7, 11) is 0. The van der Waals surface area contributed by atoms with Crippen LogP contribution >= 0.6 is 0 Å². The second kappa shape index (κ2) is 9.39. The van der Waals surface area contributed by atoms with Crippen molar-refractivity contribution >= 4 is 11.8 Å². The third kappa shape index (κ3) is 5.38. The van der Waals surface area contributed by atoms with Crippen molar-refractivity contribution in [3.63, 3.8) is 0 Å². The fourth-order valence-corrected chi connectivity index (χ4v) is 2.76. The molecule has 1 rings (SSSR count). The molecule has 1 aliphatic heterocycles. The van der Waals surface area contributed by atoms with E-state index < -0.39 is 0 Å². The first kappa shape index (κ1) is 17.5. The van der Waals surface area contributed by atoms with Crippen molar-refractivity contribution in [2.24, 2.45) is 0 Å². The van der Waals surface area contributed by atoms with Gasteiger partial charge in [-0.1, -0.05) is 32.6 Å². The van der Waals surface area contributed by atoms with E-state index in [9.17, 15) is 9.59 Å². The third-order valence-corrected chi connectivity index (χ3v) is 3.99. The Morgan fingerprint density at radius 1 is 1.29 bits per heavy atom. The van der Waals surface area contributed by atoms with Gasteiger partial charge in [0.05, 0.1) is 6.04 Å². The molecule has 116 valence electrons. The molecule has 0 bridgehead atoms. The maximum atomic E-state index is 12.3. The minimum atomic E-state index is -0.136. The highest BCUT2D eigenvalue weighted by atomic mass is 16.2. The molecule has 0 aromatic heterocycles. The Morgan fingerprint density at radius 3 is 2.71 bits per heavy atom. The van der Waals surface area contributed by atoms with E-state index in [1.54, 1.807) is 6.08 Å². The van der Waals surface area contributed by atoms with Crippen LogP contribution in [-0.4, -0.2) is 22.8 Å². The number of amides is 2. The molecule has 2 amide bonds. The molecule has 0 unspecified atom stereocenters. The fraction of sp³-hybridized carbons (Fsp3) is 0.667. The number of imide groups is 1. The highest BCUT2D eigenvalue weighted by molar-refractivity contribution is 6.04. The molecule has 1 aliphatic rings. The van der Waals surface area contributed by atoms with E-state index in [1.165, 1.54) is 4.90 Å². The van der Waals surface area contributed by atoms with Crippen LogP contribution in [-0.2, 0) is 9.59 Å². The minimum absolute atomic E-state index is 0.0118. The van der Waals surface area contributed by atoms with Crippen LogP contribution in [0.15, 0.2) is 11.6 Å². The molecule has 0 aromatic carbocycles. The van der Waals surface area contributed by atoms with Crippen LogP contribution in [0.1, 0.15) is 71.6 Å². The summed E-state index contributed by atoms with van der Waals surface area (Å²) < 4.78 is 0. The Labute approximate surface area is 128 Å². The molecule has 1 heterocycles. The normalized spacial score (nSPS) is 17.8. The Morgan fingerprint density at radius 2 is 2.05 bits per heavy atom. The van der Waals surface area contributed by atoms with Gasteiger partial charge in [0.15, 0.2) is 0 Å². The maximum absolute atomic E-state index is 12.3. The Balaban J connectivity index is 2.47. The van der Waals surface area contributed by atoms with Crippen LogP contribution in [0, 0.1) is 12.3 Å². The Hall–Kier alpha value is -1.56. The van der Waals surface area contributed by atoms with Gasteiger partial charge in [-0.15, -0.1) is 12.3 Å². The van der Waals surface area contributed by atoms with Crippen molar-refractivity contribution in [3.05, 3.63) is 11.6 Å². The molecule has 0 spiro atoms. The average molecular weight is 289 g/mol. The SMILES string of the molecule is C#CCCCCCC(=O)N1C(=O)C=C(C)[C@@H]1CCCCC. The first-order chi connectivity index (χ1) is 10.1. The van der Waals surface area contributed by atoms with E-state index in [4.69, 9.17) is 6.42 Å². The molecule has 0 N–H and O–H groups in total. The van der Waals surface area contributed by atoms with Crippen LogP contribution in [0.25, 0.3) is 0 Å². The zero-order chi connectivity index (χ0) is 15.7. The number of hydrogen-bond donors (Lipinski definition) is 0. The van der Waals surface area contributed by atoms with Crippen molar-refractivity contribution in [2.75, 3.05) is 0 Å². The number of hydrogen-bond acceptors (Lipinski definition) is 2. The van der Waals surface area contributed by atoms with Crippen molar-refractivity contribution < 1.29 is 9.59 Å². The molecule has 21 heavy (non-hydrogen) atoms. The number of carbonyl (C=O) groups excluding carboxylic acids is 2. The van der Waals surface area contributed by atoms with Gasteiger partial charge in [-0.3, -0.25) is 14.5 Å². The van der Waals surface area contributed by atoms with Crippen molar-refractivity contribution in [2.45, 2.75) is 77.7 Å². The molecule has 0 aromatic rings. The fourth-order valence-electron chi connectivity index (χ4n) is 2.76. The summed E-state index contributed by atoms with van der Waals surface area (Å²) in [5, 5.41) is 0. The van der Waals surface area contributed by atoms with Gasteiger partial charge in [0.25, 0.3) is 5.91 Å². The summed E-state index contributed by atoms with van der Waals surface area (Å²) in [6, 6.07) is -0.0118. The minimum Gasteiger partial charge on any atom is -0.274 e. The quantitative estimate of drug-likeness (QED) is 0.478. The van der Waals surface area contributed by atoms with Crippen molar-refractivity contribution in [1.82, 2.24) is 4.90 Å². The third-order valence-electron chi connectivity index (χ3n) is 3.99. The van der Waals surface area contributed by atoms with Crippen LogP contribution in [0.4, 0.5) is 0 Å². The van der Waals surface area contributed by atoms with Crippen molar-refractivity contribution in [1.29, 1.82) is 0 Å². The predicted octanol–water partition coefficient (Wildman–Crippen LogP) is 3.83. The number of unbranched alkanes of at least 4 members (excludes halogenated alkanes) is 5. The van der Waals surface area contributed by atoms with Gasteiger partial charge in [0.2, 0.25) is 5.91 Å². The van der Waals surface area contributed by atoms with E-state index in [0.717, 1.165) is 56.9 Å². The van der Waals surface area contributed by atoms with Crippen LogP contribution in [0.5, 0.6) is 0 Å². The molecule has 1 atom stereocenters. The summed E-state index contributed by atoms with van der Waals surface area (Å²) in [4.78, 5) is 25.8. The summed E-state index contributed by atoms with van der Waals surface area (Å²) in [5.41, 5.74) is 1.02. The molecule has 3 heteroatoms. The molecule has 0 saturated heterocycles. The number of nitrogens with zero attached hydrogens (tertiary/aromatic N) is 1. The smallest absolute Gasteiger partial charge is 0.253 e. The maximum Gasteiger partial charge on any atom is 0.253 e. The monoisotopic (exact) mass is 289 g/mol. The Bertz CT molecular complexity index is 431. The molecular formula is C18H27NO2. The molecule has 0 saturated carbocycles. The summed E-state index contributed by atoms with van der Waals surface area (Å²) in [6.07, 6.45) is 15.0. The van der Waals surface area contributed by atoms with Crippen LogP contribution in [0.3, 0.4) is 0 Å². The Kier molecular flexibility index (Phi) is 7.82. The van der Waals surface area contributed by atoms with Gasteiger partial charge >= 0.3 is 0 Å². The largest absolute Gasteiger partial charge is 0.274 e. The summed E-state index contributed by atoms with van der Waals surface area (Å²) in [5.74, 6) is 2.43. The molecular weight excluding hydrogens is 262 g/mol. The predicted molar refractivity (Wildman–Crippen MR) is 85.5 cm³/mol. The lowest BCUT2D eigenvalue weighted by molar-refractivity contribution is -0.142. The molecule has 0 radical (unpaired) electrons. The van der Waals surface area contributed by atoms with E-state index in [1.807, 2.05) is 6.92 Å². The van der Waals surface area contributed by atoms with E-state index >= 15 is 0 Å². The zero-order valence-corrected chi connectivity index (χ0v) is 13.4. The average Bonchev–Trinajstić information content (AvgIpc) is 2.73. The van der Waals surface area contributed by atoms with Gasteiger partial charge in [-0.2, -0.15) is 0 Å². The lowest BCUT2D eigenvalue weighted by Gasteiger charge is -2.25. The lowest BCUT2D eigenvalue weighted by Crippen LogP contribution is -2.40. The number of carbonyl (C=O) groups is 2. The molecule has 0 fully saturated rings. The number of rotatable bonds is 9. The van der Waals surface area contributed by atoms with Gasteiger partial charge in [-0.05, 0) is 31.8 Å².